The van der Waals surface area contributed by atoms with Crippen molar-refractivity contribution in [2.24, 2.45) is 0 Å². The van der Waals surface area contributed by atoms with E-state index < -0.39 is 0 Å². The zero-order valence-corrected chi connectivity index (χ0v) is 8.73. The summed E-state index contributed by atoms with van der Waals surface area (Å²) in [6.07, 6.45) is 7.69. The minimum absolute atomic E-state index is 0. The van der Waals surface area contributed by atoms with Crippen LogP contribution in [0.25, 0.3) is 0 Å². The molecule has 51 valence electrons. The minimum atomic E-state index is 0. The van der Waals surface area contributed by atoms with Gasteiger partial charge >= 0.3 is 0 Å². The summed E-state index contributed by atoms with van der Waals surface area (Å²) >= 11 is 0. The molecular weight excluding hydrogens is 201 g/mol. The number of fused-ring (bicyclic) bond motifs is 1. The van der Waals surface area contributed by atoms with Crippen molar-refractivity contribution in [2.75, 3.05) is 0 Å². The second-order valence-electron chi connectivity index (χ2n) is 2.52. The van der Waals surface area contributed by atoms with Gasteiger partial charge in [-0.2, -0.15) is 5.56 Å². The van der Waals surface area contributed by atoms with Crippen LogP contribution in [0, 0.1) is 6.26 Å². The van der Waals surface area contributed by atoms with Crippen LogP contribution in [-0.4, -0.2) is 0 Å². The van der Waals surface area contributed by atoms with E-state index in [4.69, 9.17) is 4.42 Å². The summed E-state index contributed by atoms with van der Waals surface area (Å²) in [5.41, 5.74) is 1.38. The van der Waals surface area contributed by atoms with Gasteiger partial charge in [0.1, 0.15) is 0 Å². The molecule has 10 heavy (non-hydrogen) atoms. The van der Waals surface area contributed by atoms with Crippen molar-refractivity contribution >= 4 is 0 Å². The molecule has 0 amide bonds. The van der Waals surface area contributed by atoms with E-state index in [0.717, 1.165) is 6.42 Å². The average Bonchev–Trinajstić information content (AvgIpc) is 2.33. The Kier molecular flexibility index (Phi) is 3.12. The van der Waals surface area contributed by atoms with E-state index in [1.54, 1.807) is 0 Å². The first kappa shape index (κ1) is 8.48. The summed E-state index contributed by atoms with van der Waals surface area (Å²) in [6, 6.07) is 1.97. The van der Waals surface area contributed by atoms with Crippen molar-refractivity contribution in [3.63, 3.8) is 0 Å². The smallest absolute Gasteiger partial charge is 0 e. The average molecular weight is 210 g/mol. The van der Waals surface area contributed by atoms with Crippen LogP contribution in [0.4, 0.5) is 0 Å². The van der Waals surface area contributed by atoms with Gasteiger partial charge in [-0.25, -0.2) is 0 Å². The summed E-state index contributed by atoms with van der Waals surface area (Å²) in [4.78, 5) is 0. The van der Waals surface area contributed by atoms with E-state index in [1.807, 2.05) is 6.07 Å². The van der Waals surface area contributed by atoms with Gasteiger partial charge in [-0.05, 0) is 6.26 Å². The Balaban J connectivity index is 0.000000500. The van der Waals surface area contributed by atoms with Crippen molar-refractivity contribution in [1.82, 2.24) is 0 Å². The second-order valence-corrected chi connectivity index (χ2v) is 2.52. The Morgan fingerprint density at radius 3 is 2.90 bits per heavy atom. The predicted molar refractivity (Wildman–Crippen MR) is 34.2 cm³/mol. The molecule has 0 aliphatic heterocycles. The van der Waals surface area contributed by atoms with Gasteiger partial charge in [0.25, 0.3) is 0 Å². The molecule has 2 rings (SSSR count). The molecule has 0 saturated carbocycles. The van der Waals surface area contributed by atoms with Crippen LogP contribution in [-0.2, 0) is 45.6 Å². The molecule has 1 aliphatic rings. The SMILES string of the molecule is [Y].[c-]1cc2c(o1)CCCC2. The molecule has 1 aromatic rings. The molecule has 0 N–H and O–H groups in total. The van der Waals surface area contributed by atoms with Crippen molar-refractivity contribution < 1.29 is 37.1 Å². The van der Waals surface area contributed by atoms with Gasteiger partial charge in [0, 0.05) is 32.7 Å². The first-order valence-corrected chi connectivity index (χ1v) is 3.44. The minimum Gasteiger partial charge on any atom is -0.595 e. The van der Waals surface area contributed by atoms with Gasteiger partial charge in [0.15, 0.2) is 0 Å². The molecule has 1 aromatic heterocycles. The van der Waals surface area contributed by atoms with Gasteiger partial charge in [-0.3, -0.25) is 0 Å². The van der Waals surface area contributed by atoms with Crippen LogP contribution in [0.1, 0.15) is 24.2 Å². The summed E-state index contributed by atoms with van der Waals surface area (Å²) < 4.78 is 5.13. The van der Waals surface area contributed by atoms with Crippen LogP contribution < -0.4 is 0 Å². The van der Waals surface area contributed by atoms with E-state index >= 15 is 0 Å². The van der Waals surface area contributed by atoms with Crippen LogP contribution in [0.2, 0.25) is 0 Å². The van der Waals surface area contributed by atoms with Crippen molar-refractivity contribution in [3.05, 3.63) is 23.7 Å². The fraction of sp³-hybridized carbons (Fsp3) is 0.500. The third-order valence-electron chi connectivity index (χ3n) is 1.87. The molecule has 0 saturated heterocycles. The number of rotatable bonds is 0. The molecule has 2 heteroatoms. The fourth-order valence-corrected chi connectivity index (χ4v) is 1.34. The molecule has 1 radical (unpaired) electrons. The standard InChI is InChI=1S/C8H9O.Y/c1-2-4-8-7(3-1)5-6-9-8;/h5H,1-4H2;/q-1;. The molecule has 0 fully saturated rings. The maximum absolute atomic E-state index is 5.13. The van der Waals surface area contributed by atoms with Gasteiger partial charge in [-0.15, -0.1) is 6.07 Å². The van der Waals surface area contributed by atoms with Crippen molar-refractivity contribution in [1.29, 1.82) is 0 Å². The molecule has 1 heterocycles. The van der Waals surface area contributed by atoms with Crippen molar-refractivity contribution in [2.45, 2.75) is 25.7 Å². The topological polar surface area (TPSA) is 13.1 Å². The summed E-state index contributed by atoms with van der Waals surface area (Å²) in [5.74, 6) is 1.17. The van der Waals surface area contributed by atoms with Gasteiger partial charge in [0.05, 0.1) is 0 Å². The van der Waals surface area contributed by atoms with Gasteiger partial charge < -0.3 is 4.42 Å². The Hall–Kier alpha value is 0.384. The van der Waals surface area contributed by atoms with E-state index in [0.29, 0.717) is 0 Å². The van der Waals surface area contributed by atoms with E-state index in [9.17, 15) is 0 Å². The number of hydrogen-bond acceptors (Lipinski definition) is 1. The van der Waals surface area contributed by atoms with Crippen molar-refractivity contribution in [3.8, 4) is 0 Å². The number of aryl methyl sites for hydroxylation is 2. The molecule has 1 nitrogen and oxygen atoms in total. The van der Waals surface area contributed by atoms with E-state index in [1.165, 1.54) is 30.6 Å². The number of hydrogen-bond donors (Lipinski definition) is 0. The zero-order chi connectivity index (χ0) is 6.10. The Morgan fingerprint density at radius 1 is 1.30 bits per heavy atom. The predicted octanol–water partition coefficient (Wildman–Crippen LogP) is 1.96. The largest absolute Gasteiger partial charge is 0.595 e. The molecular formula is C8H9OY-. The summed E-state index contributed by atoms with van der Waals surface area (Å²) in [6.45, 7) is 0. The first-order valence-electron chi connectivity index (χ1n) is 3.44. The van der Waals surface area contributed by atoms with E-state index in [2.05, 4.69) is 6.26 Å². The second kappa shape index (κ2) is 3.68. The summed E-state index contributed by atoms with van der Waals surface area (Å²) in [5, 5.41) is 0. The van der Waals surface area contributed by atoms with Crippen LogP contribution in [0.3, 0.4) is 0 Å². The van der Waals surface area contributed by atoms with Crippen LogP contribution in [0.15, 0.2) is 10.5 Å². The maximum Gasteiger partial charge on any atom is 0 e. The maximum atomic E-state index is 5.13. The van der Waals surface area contributed by atoms with Crippen LogP contribution >= 0.6 is 0 Å². The first-order chi connectivity index (χ1) is 4.47. The Morgan fingerprint density at radius 2 is 2.10 bits per heavy atom. The monoisotopic (exact) mass is 210 g/mol. The molecule has 0 unspecified atom stereocenters. The molecule has 0 aromatic carbocycles. The Bertz CT molecular complexity index is 184. The molecule has 0 spiro atoms. The van der Waals surface area contributed by atoms with Crippen LogP contribution in [0.5, 0.6) is 0 Å². The van der Waals surface area contributed by atoms with Gasteiger partial charge in [-0.1, -0.05) is 31.4 Å². The molecule has 0 bridgehead atoms. The Labute approximate surface area is 86.1 Å². The van der Waals surface area contributed by atoms with E-state index in [-0.39, 0.29) is 32.7 Å². The molecule has 1 aliphatic carbocycles. The molecule has 0 atom stereocenters. The third kappa shape index (κ3) is 1.51. The fourth-order valence-electron chi connectivity index (χ4n) is 1.34. The number of furan rings is 1. The zero-order valence-electron chi connectivity index (χ0n) is 5.89. The normalized spacial score (nSPS) is 15.6. The summed E-state index contributed by atoms with van der Waals surface area (Å²) in [7, 11) is 0. The van der Waals surface area contributed by atoms with Gasteiger partial charge in [0.2, 0.25) is 0 Å². The third-order valence-corrected chi connectivity index (χ3v) is 1.87. The quantitative estimate of drug-likeness (QED) is 0.596.